The highest BCUT2D eigenvalue weighted by Gasteiger charge is 2.28. The summed E-state index contributed by atoms with van der Waals surface area (Å²) in [6.07, 6.45) is 1.65. The number of anilines is 1. The van der Waals surface area contributed by atoms with Crippen LogP contribution in [0.5, 0.6) is 0 Å². The summed E-state index contributed by atoms with van der Waals surface area (Å²) in [5.41, 5.74) is 2.50. The number of carbonyl (C=O) groups excluding carboxylic acids is 2. The molecule has 2 aromatic carbocycles. The molecule has 0 unspecified atom stereocenters. The Balaban J connectivity index is 1.36. The predicted molar refractivity (Wildman–Crippen MR) is 113 cm³/mol. The molecule has 0 spiro atoms. The molecule has 2 heterocycles. The smallest absolute Gasteiger partial charge is 0.286 e. The van der Waals surface area contributed by atoms with Gasteiger partial charge in [-0.3, -0.25) is 9.59 Å². The number of piperidine rings is 1. The normalized spacial score (nSPS) is 14.6. The fourth-order valence-corrected chi connectivity index (χ4v) is 4.42. The van der Waals surface area contributed by atoms with Crippen molar-refractivity contribution in [2.75, 3.05) is 18.4 Å². The second kappa shape index (κ2) is 8.53. The number of aromatic nitrogens is 2. The Morgan fingerprint density at radius 3 is 2.41 bits per heavy atom. The molecular weight excluding hydrogens is 384 g/mol. The third kappa shape index (κ3) is 4.35. The van der Waals surface area contributed by atoms with Crippen LogP contribution in [0.3, 0.4) is 0 Å². The van der Waals surface area contributed by atoms with Crippen molar-refractivity contribution in [3.63, 3.8) is 0 Å². The minimum absolute atomic E-state index is 0.0849. The third-order valence-electron chi connectivity index (χ3n) is 5.17. The molecule has 6 nitrogen and oxygen atoms in total. The van der Waals surface area contributed by atoms with E-state index in [9.17, 15) is 9.59 Å². The van der Waals surface area contributed by atoms with Crippen molar-refractivity contribution in [3.05, 3.63) is 75.7 Å². The average Bonchev–Trinajstić information content (AvgIpc) is 3.25. The van der Waals surface area contributed by atoms with Gasteiger partial charge in [0.2, 0.25) is 5.01 Å². The van der Waals surface area contributed by atoms with Crippen molar-refractivity contribution in [3.8, 4) is 0 Å². The molecule has 1 aliphatic heterocycles. The first-order chi connectivity index (χ1) is 14.1. The van der Waals surface area contributed by atoms with Gasteiger partial charge in [0.1, 0.15) is 5.01 Å². The van der Waals surface area contributed by atoms with Crippen molar-refractivity contribution in [1.82, 2.24) is 15.1 Å². The molecule has 1 N–H and O–H groups in total. The quantitative estimate of drug-likeness (QED) is 0.707. The summed E-state index contributed by atoms with van der Waals surface area (Å²) in [5.74, 6) is 0.0700. The second-order valence-corrected chi connectivity index (χ2v) is 8.16. The third-order valence-corrected chi connectivity index (χ3v) is 6.26. The van der Waals surface area contributed by atoms with Crippen molar-refractivity contribution in [1.29, 1.82) is 0 Å². The number of benzene rings is 2. The number of hydrogen-bond acceptors (Lipinski definition) is 5. The van der Waals surface area contributed by atoms with Gasteiger partial charge in [-0.25, -0.2) is 0 Å². The maximum atomic E-state index is 12.8. The molecule has 0 bridgehead atoms. The van der Waals surface area contributed by atoms with E-state index in [1.807, 2.05) is 66.4 Å². The predicted octanol–water partition coefficient (Wildman–Crippen LogP) is 4.12. The first-order valence-electron chi connectivity index (χ1n) is 9.66. The number of nitrogens with one attached hydrogen (secondary N) is 1. The summed E-state index contributed by atoms with van der Waals surface area (Å²) >= 11 is 1.34. The van der Waals surface area contributed by atoms with Crippen molar-refractivity contribution >= 4 is 28.8 Å². The summed E-state index contributed by atoms with van der Waals surface area (Å²) < 4.78 is 0. The van der Waals surface area contributed by atoms with E-state index in [1.165, 1.54) is 11.3 Å². The van der Waals surface area contributed by atoms with Crippen LogP contribution >= 0.6 is 11.3 Å². The number of aryl methyl sites for hydroxylation is 1. The Bertz CT molecular complexity index is 1010. The van der Waals surface area contributed by atoms with Gasteiger partial charge in [0.25, 0.3) is 11.8 Å². The van der Waals surface area contributed by atoms with E-state index >= 15 is 0 Å². The van der Waals surface area contributed by atoms with Crippen LogP contribution in [-0.4, -0.2) is 40.0 Å². The lowest BCUT2D eigenvalue weighted by atomic mass is 9.96. The van der Waals surface area contributed by atoms with Crippen LogP contribution in [0.15, 0.2) is 54.6 Å². The van der Waals surface area contributed by atoms with Gasteiger partial charge in [-0.15, -0.1) is 10.2 Å². The van der Waals surface area contributed by atoms with Gasteiger partial charge in [0.05, 0.1) is 0 Å². The molecule has 1 aromatic heterocycles. The van der Waals surface area contributed by atoms with E-state index in [0.29, 0.717) is 18.1 Å². The van der Waals surface area contributed by atoms with Gasteiger partial charge in [-0.2, -0.15) is 0 Å². The van der Waals surface area contributed by atoms with Crippen LogP contribution in [0.4, 0.5) is 5.69 Å². The van der Waals surface area contributed by atoms with Gasteiger partial charge < -0.3 is 10.2 Å². The highest BCUT2D eigenvalue weighted by molar-refractivity contribution is 7.13. The van der Waals surface area contributed by atoms with Crippen LogP contribution in [0.2, 0.25) is 0 Å². The maximum Gasteiger partial charge on any atom is 0.286 e. The molecule has 7 heteroatoms. The van der Waals surface area contributed by atoms with Crippen molar-refractivity contribution < 1.29 is 9.59 Å². The zero-order valence-electron chi connectivity index (χ0n) is 16.2. The van der Waals surface area contributed by atoms with Crippen molar-refractivity contribution in [2.45, 2.75) is 25.7 Å². The number of hydrogen-bond donors (Lipinski definition) is 1. The number of likely N-dealkylation sites (tertiary alicyclic amines) is 1. The second-order valence-electron chi connectivity index (χ2n) is 7.15. The van der Waals surface area contributed by atoms with Crippen LogP contribution in [0.1, 0.15) is 49.5 Å². The molecule has 1 fully saturated rings. The van der Waals surface area contributed by atoms with E-state index in [0.717, 1.165) is 34.7 Å². The summed E-state index contributed by atoms with van der Waals surface area (Å²) in [7, 11) is 0. The fraction of sp³-hybridized carbons (Fsp3) is 0.273. The molecule has 0 atom stereocenters. The Morgan fingerprint density at radius 1 is 1.00 bits per heavy atom. The van der Waals surface area contributed by atoms with E-state index in [-0.39, 0.29) is 17.7 Å². The van der Waals surface area contributed by atoms with Gasteiger partial charge in [-0.1, -0.05) is 47.7 Å². The number of nitrogens with zero attached hydrogens (tertiary/aromatic N) is 3. The molecular formula is C22H22N4O2S. The molecule has 4 rings (SSSR count). The lowest BCUT2D eigenvalue weighted by Gasteiger charge is -2.31. The summed E-state index contributed by atoms with van der Waals surface area (Å²) in [4.78, 5) is 27.1. The molecule has 3 aromatic rings. The molecule has 1 aliphatic rings. The van der Waals surface area contributed by atoms with Gasteiger partial charge in [-0.05, 0) is 43.5 Å². The minimum atomic E-state index is -0.243. The molecule has 29 heavy (non-hydrogen) atoms. The molecule has 148 valence electrons. The summed E-state index contributed by atoms with van der Waals surface area (Å²) in [6, 6.07) is 17.0. The first-order valence-corrected chi connectivity index (χ1v) is 10.5. The van der Waals surface area contributed by atoms with Crippen LogP contribution < -0.4 is 5.32 Å². The van der Waals surface area contributed by atoms with Crippen LogP contribution in [0.25, 0.3) is 0 Å². The van der Waals surface area contributed by atoms with Crippen LogP contribution in [-0.2, 0) is 0 Å². The first kappa shape index (κ1) is 19.3. The average molecular weight is 407 g/mol. The molecule has 1 saturated heterocycles. The zero-order valence-corrected chi connectivity index (χ0v) is 17.0. The molecule has 0 radical (unpaired) electrons. The highest BCUT2D eigenvalue weighted by Crippen LogP contribution is 2.31. The topological polar surface area (TPSA) is 75.2 Å². The van der Waals surface area contributed by atoms with Gasteiger partial charge in [0.15, 0.2) is 0 Å². The maximum absolute atomic E-state index is 12.8. The number of para-hydroxylation sites is 1. The largest absolute Gasteiger partial charge is 0.339 e. The molecule has 2 amide bonds. The van der Waals surface area contributed by atoms with E-state index < -0.39 is 0 Å². The minimum Gasteiger partial charge on any atom is -0.339 e. The Kier molecular flexibility index (Phi) is 5.67. The SMILES string of the molecule is Cc1ccccc1C(=O)N1CCC(c2nnc(C(=O)Nc3ccccc3)s2)CC1. The molecule has 0 aliphatic carbocycles. The molecule has 0 saturated carbocycles. The lowest BCUT2D eigenvalue weighted by molar-refractivity contribution is 0.0712. The summed E-state index contributed by atoms with van der Waals surface area (Å²) in [5, 5.41) is 12.4. The van der Waals surface area contributed by atoms with E-state index in [1.54, 1.807) is 0 Å². The standard InChI is InChI=1S/C22H22N4O2S/c1-15-7-5-6-10-18(15)22(28)26-13-11-16(12-14-26)20-24-25-21(29-20)19(27)23-17-8-3-2-4-9-17/h2-10,16H,11-14H2,1H3,(H,23,27). The fourth-order valence-electron chi connectivity index (χ4n) is 3.51. The van der Waals surface area contributed by atoms with Gasteiger partial charge in [0, 0.05) is 30.3 Å². The Hall–Kier alpha value is -3.06. The van der Waals surface area contributed by atoms with E-state index in [4.69, 9.17) is 0 Å². The summed E-state index contributed by atoms with van der Waals surface area (Å²) in [6.45, 7) is 3.33. The zero-order chi connectivity index (χ0) is 20.2. The Morgan fingerprint density at radius 2 is 1.69 bits per heavy atom. The number of amides is 2. The van der Waals surface area contributed by atoms with E-state index in [2.05, 4.69) is 15.5 Å². The van der Waals surface area contributed by atoms with Crippen LogP contribution in [0, 0.1) is 6.92 Å². The Labute approximate surface area is 173 Å². The number of rotatable bonds is 4. The van der Waals surface area contributed by atoms with Gasteiger partial charge >= 0.3 is 0 Å². The highest BCUT2D eigenvalue weighted by atomic mass is 32.1. The lowest BCUT2D eigenvalue weighted by Crippen LogP contribution is -2.38. The van der Waals surface area contributed by atoms with Crippen molar-refractivity contribution in [2.24, 2.45) is 0 Å². The number of carbonyl (C=O) groups is 2. The monoisotopic (exact) mass is 406 g/mol.